The van der Waals surface area contributed by atoms with Crippen LogP contribution in [0.5, 0.6) is 11.5 Å². The summed E-state index contributed by atoms with van der Waals surface area (Å²) in [4.78, 5) is 11.1. The number of thioether (sulfide) groups is 1. The van der Waals surface area contributed by atoms with Crippen LogP contribution in [0.3, 0.4) is 0 Å². The average Bonchev–Trinajstić information content (AvgIpc) is 3.11. The molecule has 0 aromatic heterocycles. The number of ether oxygens (including phenoxy) is 2. The summed E-state index contributed by atoms with van der Waals surface area (Å²) in [6.45, 7) is 0.281. The third kappa shape index (κ3) is 4.38. The minimum atomic E-state index is -0.841. The average molecular weight is 414 g/mol. The van der Waals surface area contributed by atoms with Crippen LogP contribution in [0.15, 0.2) is 36.4 Å². The third-order valence-corrected chi connectivity index (χ3v) is 5.82. The molecule has 2 N–H and O–H groups in total. The highest BCUT2D eigenvalue weighted by atomic mass is 35.5. The van der Waals surface area contributed by atoms with E-state index in [2.05, 4.69) is 5.32 Å². The van der Waals surface area contributed by atoms with Crippen molar-refractivity contribution in [3.8, 4) is 11.5 Å². The molecule has 1 aliphatic rings. The van der Waals surface area contributed by atoms with E-state index in [0.29, 0.717) is 27.3 Å². The van der Waals surface area contributed by atoms with Crippen LogP contribution in [0.1, 0.15) is 16.5 Å². The van der Waals surface area contributed by atoms with Crippen molar-refractivity contribution < 1.29 is 19.4 Å². The molecule has 1 fully saturated rings. The van der Waals surface area contributed by atoms with Gasteiger partial charge in [-0.1, -0.05) is 35.3 Å². The molecule has 0 saturated carbocycles. The van der Waals surface area contributed by atoms with Crippen LogP contribution in [0.25, 0.3) is 0 Å². The first-order valence-electron chi connectivity index (χ1n) is 7.83. The lowest BCUT2D eigenvalue weighted by Crippen LogP contribution is -2.33. The maximum Gasteiger partial charge on any atom is 0.321 e. The van der Waals surface area contributed by atoms with Crippen molar-refractivity contribution in [2.45, 2.75) is 18.0 Å². The Morgan fingerprint density at radius 2 is 2.08 bits per heavy atom. The summed E-state index contributed by atoms with van der Waals surface area (Å²) in [5, 5.41) is 13.2. The highest BCUT2D eigenvalue weighted by Crippen LogP contribution is 2.38. The first-order valence-corrected chi connectivity index (χ1v) is 9.63. The zero-order valence-electron chi connectivity index (χ0n) is 13.9. The number of hydrogen-bond acceptors (Lipinski definition) is 5. The molecule has 1 aliphatic heterocycles. The van der Waals surface area contributed by atoms with Gasteiger partial charge in [-0.15, -0.1) is 11.8 Å². The number of hydrogen-bond donors (Lipinski definition) is 2. The molecule has 138 valence electrons. The quantitative estimate of drug-likeness (QED) is 0.732. The Balaban J connectivity index is 1.72. The van der Waals surface area contributed by atoms with Gasteiger partial charge in [-0.25, -0.2) is 0 Å². The molecule has 1 heterocycles. The molecule has 0 amide bonds. The molecule has 0 aliphatic carbocycles. The summed E-state index contributed by atoms with van der Waals surface area (Å²) in [6.07, 6.45) is 0. The zero-order valence-corrected chi connectivity index (χ0v) is 16.2. The Morgan fingerprint density at radius 1 is 1.27 bits per heavy atom. The summed E-state index contributed by atoms with van der Waals surface area (Å²) in [5.74, 6) is 0.843. The zero-order chi connectivity index (χ0) is 18.7. The van der Waals surface area contributed by atoms with Gasteiger partial charge < -0.3 is 14.6 Å². The number of carbonyl (C=O) groups is 1. The Kier molecular flexibility index (Phi) is 6.19. The molecule has 8 heteroatoms. The van der Waals surface area contributed by atoms with Crippen molar-refractivity contribution in [1.29, 1.82) is 0 Å². The highest BCUT2D eigenvalue weighted by Gasteiger charge is 2.30. The van der Waals surface area contributed by atoms with E-state index in [1.807, 2.05) is 24.3 Å². The molecule has 0 bridgehead atoms. The van der Waals surface area contributed by atoms with E-state index in [1.165, 1.54) is 0 Å². The Morgan fingerprint density at radius 3 is 2.73 bits per heavy atom. The number of halogens is 2. The second kappa shape index (κ2) is 8.39. The normalized spacial score (nSPS) is 19.3. The fraction of sp³-hybridized carbons (Fsp3) is 0.278. The lowest BCUT2D eigenvalue weighted by atomic mass is 10.2. The van der Waals surface area contributed by atoms with Gasteiger partial charge in [0.15, 0.2) is 11.5 Å². The van der Waals surface area contributed by atoms with E-state index >= 15 is 0 Å². The van der Waals surface area contributed by atoms with Crippen molar-refractivity contribution >= 4 is 40.9 Å². The monoisotopic (exact) mass is 413 g/mol. The Labute approximate surface area is 165 Å². The minimum absolute atomic E-state index is 0.0928. The molecule has 0 radical (unpaired) electrons. The van der Waals surface area contributed by atoms with Gasteiger partial charge in [-0.05, 0) is 29.8 Å². The number of rotatable bonds is 6. The summed E-state index contributed by atoms with van der Waals surface area (Å²) < 4.78 is 11.3. The lowest BCUT2D eigenvalue weighted by molar-refractivity contribution is -0.138. The lowest BCUT2D eigenvalue weighted by Gasteiger charge is -2.16. The standard InChI is InChI=1S/C18H17Cl2NO4S/c1-24-16-6-10(17-21-14(9-26-17)18(22)23)3-5-15(16)25-8-11-2-4-12(19)7-13(11)20/h2-7,14,17,21H,8-9H2,1H3,(H,22,23). The number of nitrogens with one attached hydrogen (secondary N) is 1. The van der Waals surface area contributed by atoms with Crippen molar-refractivity contribution in [2.24, 2.45) is 0 Å². The molecular formula is C18H17Cl2NO4S. The number of benzene rings is 2. The third-order valence-electron chi connectivity index (χ3n) is 3.97. The second-order valence-corrected chi connectivity index (χ2v) is 7.69. The van der Waals surface area contributed by atoms with Gasteiger partial charge in [-0.3, -0.25) is 10.1 Å². The number of methoxy groups -OCH3 is 1. The van der Waals surface area contributed by atoms with E-state index in [4.69, 9.17) is 37.8 Å². The first kappa shape index (κ1) is 19.2. The Bertz CT molecular complexity index is 818. The molecule has 5 nitrogen and oxygen atoms in total. The van der Waals surface area contributed by atoms with Gasteiger partial charge in [0.1, 0.15) is 12.6 Å². The highest BCUT2D eigenvalue weighted by molar-refractivity contribution is 7.99. The minimum Gasteiger partial charge on any atom is -0.493 e. The maximum atomic E-state index is 11.1. The van der Waals surface area contributed by atoms with Gasteiger partial charge in [0.2, 0.25) is 0 Å². The molecule has 2 atom stereocenters. The van der Waals surface area contributed by atoms with Crippen molar-refractivity contribution in [2.75, 3.05) is 12.9 Å². The summed E-state index contributed by atoms with van der Waals surface area (Å²) in [7, 11) is 1.57. The van der Waals surface area contributed by atoms with Crippen LogP contribution in [-0.2, 0) is 11.4 Å². The molecule has 3 rings (SSSR count). The van der Waals surface area contributed by atoms with E-state index < -0.39 is 12.0 Å². The van der Waals surface area contributed by atoms with E-state index in [9.17, 15) is 4.79 Å². The van der Waals surface area contributed by atoms with Gasteiger partial charge in [-0.2, -0.15) is 0 Å². The van der Waals surface area contributed by atoms with Crippen LogP contribution < -0.4 is 14.8 Å². The van der Waals surface area contributed by atoms with Gasteiger partial charge in [0.25, 0.3) is 0 Å². The molecule has 0 spiro atoms. The largest absolute Gasteiger partial charge is 0.493 e. The van der Waals surface area contributed by atoms with Crippen molar-refractivity contribution in [3.63, 3.8) is 0 Å². The van der Waals surface area contributed by atoms with Crippen LogP contribution in [-0.4, -0.2) is 30.0 Å². The smallest absolute Gasteiger partial charge is 0.321 e. The molecule has 2 aromatic rings. The van der Waals surface area contributed by atoms with E-state index in [1.54, 1.807) is 31.0 Å². The van der Waals surface area contributed by atoms with Crippen LogP contribution in [0, 0.1) is 0 Å². The Hall–Kier alpha value is -1.60. The number of carboxylic acid groups (broad SMARTS) is 1. The summed E-state index contributed by atoms with van der Waals surface area (Å²) >= 11 is 13.6. The van der Waals surface area contributed by atoms with Crippen LogP contribution in [0.2, 0.25) is 10.0 Å². The van der Waals surface area contributed by atoms with Crippen molar-refractivity contribution in [3.05, 3.63) is 57.6 Å². The molecule has 2 aromatic carbocycles. The summed E-state index contributed by atoms with van der Waals surface area (Å²) in [6, 6.07) is 10.3. The predicted molar refractivity (Wildman–Crippen MR) is 104 cm³/mol. The molecule has 1 saturated heterocycles. The van der Waals surface area contributed by atoms with Crippen LogP contribution >= 0.6 is 35.0 Å². The first-order chi connectivity index (χ1) is 12.5. The second-order valence-electron chi connectivity index (χ2n) is 5.71. The SMILES string of the molecule is COc1cc(C2NC(C(=O)O)CS2)ccc1OCc1ccc(Cl)cc1Cl. The number of carboxylic acids is 1. The van der Waals surface area contributed by atoms with Crippen molar-refractivity contribution in [1.82, 2.24) is 5.32 Å². The fourth-order valence-electron chi connectivity index (χ4n) is 2.57. The summed E-state index contributed by atoms with van der Waals surface area (Å²) in [5.41, 5.74) is 1.76. The fourth-order valence-corrected chi connectivity index (χ4v) is 4.25. The van der Waals surface area contributed by atoms with Gasteiger partial charge in [0.05, 0.1) is 12.5 Å². The maximum absolute atomic E-state index is 11.1. The van der Waals surface area contributed by atoms with Crippen LogP contribution in [0.4, 0.5) is 0 Å². The predicted octanol–water partition coefficient (Wildman–Crippen LogP) is 4.37. The van der Waals surface area contributed by atoms with Gasteiger partial charge >= 0.3 is 5.97 Å². The molecule has 2 unspecified atom stereocenters. The number of aliphatic carboxylic acids is 1. The molecular weight excluding hydrogens is 397 g/mol. The van der Waals surface area contributed by atoms with E-state index in [-0.39, 0.29) is 12.0 Å². The van der Waals surface area contributed by atoms with E-state index in [0.717, 1.165) is 11.1 Å². The van der Waals surface area contributed by atoms with Gasteiger partial charge in [0, 0.05) is 21.4 Å². The molecule has 26 heavy (non-hydrogen) atoms. The topological polar surface area (TPSA) is 67.8 Å².